The highest BCUT2D eigenvalue weighted by Crippen LogP contribution is 2.27. The van der Waals surface area contributed by atoms with Crippen LogP contribution in [0.3, 0.4) is 0 Å². The van der Waals surface area contributed by atoms with Gasteiger partial charge < -0.3 is 9.47 Å². The molecule has 0 spiro atoms. The van der Waals surface area contributed by atoms with Gasteiger partial charge in [0.2, 0.25) is 0 Å². The lowest BCUT2D eigenvalue weighted by atomic mass is 9.96. The van der Waals surface area contributed by atoms with Crippen molar-refractivity contribution in [2.45, 2.75) is 45.7 Å². The van der Waals surface area contributed by atoms with Gasteiger partial charge in [0, 0.05) is 29.7 Å². The van der Waals surface area contributed by atoms with Crippen LogP contribution in [0.4, 0.5) is 5.82 Å². The fourth-order valence-corrected chi connectivity index (χ4v) is 3.97. The molecule has 0 amide bonds. The monoisotopic (exact) mass is 360 g/mol. The molecule has 0 radical (unpaired) electrons. The summed E-state index contributed by atoms with van der Waals surface area (Å²) in [5.74, 6) is 1.87. The van der Waals surface area contributed by atoms with E-state index in [-0.39, 0.29) is 5.41 Å². The van der Waals surface area contributed by atoms with E-state index in [1.807, 2.05) is 10.6 Å². The van der Waals surface area contributed by atoms with E-state index in [0.29, 0.717) is 0 Å². The largest absolute Gasteiger partial charge is 0.349 e. The molecule has 0 unspecified atom stereocenters. The Morgan fingerprint density at radius 2 is 1.81 bits per heavy atom. The molecular formula is C21H24N6. The summed E-state index contributed by atoms with van der Waals surface area (Å²) in [5, 5.41) is 14.9. The molecule has 5 rings (SSSR count). The summed E-state index contributed by atoms with van der Waals surface area (Å²) in [7, 11) is 0. The van der Waals surface area contributed by atoms with E-state index in [1.54, 1.807) is 0 Å². The number of anilines is 1. The van der Waals surface area contributed by atoms with Crippen LogP contribution in [0, 0.1) is 0 Å². The van der Waals surface area contributed by atoms with Crippen LogP contribution in [0.5, 0.6) is 0 Å². The first-order chi connectivity index (χ1) is 13.0. The number of aromatic nitrogens is 5. The van der Waals surface area contributed by atoms with Crippen LogP contribution in [0.1, 0.15) is 38.7 Å². The van der Waals surface area contributed by atoms with E-state index >= 15 is 0 Å². The molecule has 4 aromatic rings. The maximum Gasteiger partial charge on any atom is 0.178 e. The molecule has 0 atom stereocenters. The van der Waals surface area contributed by atoms with Gasteiger partial charge in [-0.3, -0.25) is 0 Å². The Kier molecular flexibility index (Phi) is 3.50. The first-order valence-corrected chi connectivity index (χ1v) is 9.56. The minimum absolute atomic E-state index is 0.101. The van der Waals surface area contributed by atoms with E-state index < -0.39 is 0 Å². The lowest BCUT2D eigenvalue weighted by Gasteiger charge is -2.22. The predicted octanol–water partition coefficient (Wildman–Crippen LogP) is 3.79. The van der Waals surface area contributed by atoms with E-state index in [4.69, 9.17) is 5.10 Å². The third kappa shape index (κ3) is 2.67. The molecule has 0 bridgehead atoms. The summed E-state index contributed by atoms with van der Waals surface area (Å²) in [6, 6.07) is 15.0. The molecule has 6 nitrogen and oxygen atoms in total. The Hall–Kier alpha value is -2.89. The minimum Gasteiger partial charge on any atom is -0.349 e. The summed E-state index contributed by atoms with van der Waals surface area (Å²) in [6.45, 7) is 9.32. The number of fused-ring (bicyclic) bond motifs is 4. The van der Waals surface area contributed by atoms with Gasteiger partial charge >= 0.3 is 0 Å². The molecule has 0 N–H and O–H groups in total. The van der Waals surface area contributed by atoms with Crippen LogP contribution in [-0.4, -0.2) is 30.9 Å². The highest BCUT2D eigenvalue weighted by Gasteiger charge is 2.23. The summed E-state index contributed by atoms with van der Waals surface area (Å²) >= 11 is 0. The molecule has 6 heteroatoms. The van der Waals surface area contributed by atoms with Crippen molar-refractivity contribution in [2.24, 2.45) is 0 Å². The van der Waals surface area contributed by atoms with Gasteiger partial charge in [-0.2, -0.15) is 4.52 Å². The topological polar surface area (TPSA) is 51.2 Å². The molecule has 0 aliphatic carbocycles. The van der Waals surface area contributed by atoms with Crippen LogP contribution >= 0.6 is 0 Å². The van der Waals surface area contributed by atoms with Crippen molar-refractivity contribution in [3.8, 4) is 0 Å². The average Bonchev–Trinajstić information content (AvgIpc) is 3.15. The maximum absolute atomic E-state index is 4.90. The Labute approximate surface area is 158 Å². The molecule has 1 aromatic carbocycles. The quantitative estimate of drug-likeness (QED) is 0.518. The third-order valence-electron chi connectivity index (χ3n) is 5.30. The fourth-order valence-electron chi connectivity index (χ4n) is 3.97. The molecule has 0 saturated heterocycles. The molecule has 0 fully saturated rings. The number of hydrogen-bond donors (Lipinski definition) is 0. The van der Waals surface area contributed by atoms with Crippen molar-refractivity contribution < 1.29 is 0 Å². The number of nitrogens with zero attached hydrogens (tertiary/aromatic N) is 6. The molecular weight excluding hydrogens is 336 g/mol. The van der Waals surface area contributed by atoms with Gasteiger partial charge in [0.1, 0.15) is 5.82 Å². The van der Waals surface area contributed by atoms with Crippen molar-refractivity contribution in [1.82, 2.24) is 24.4 Å². The van der Waals surface area contributed by atoms with Crippen LogP contribution in [-0.2, 0) is 18.5 Å². The molecule has 4 heterocycles. The van der Waals surface area contributed by atoms with Gasteiger partial charge in [0.25, 0.3) is 0 Å². The Morgan fingerprint density at radius 3 is 2.67 bits per heavy atom. The van der Waals surface area contributed by atoms with Crippen molar-refractivity contribution in [3.05, 3.63) is 54.0 Å². The minimum atomic E-state index is -0.101. The van der Waals surface area contributed by atoms with E-state index in [2.05, 4.69) is 76.8 Å². The van der Waals surface area contributed by atoms with Crippen LogP contribution in [0.15, 0.2) is 42.5 Å². The zero-order valence-corrected chi connectivity index (χ0v) is 16.1. The lowest BCUT2D eigenvalue weighted by molar-refractivity contribution is 0.526. The maximum atomic E-state index is 4.90. The summed E-state index contributed by atoms with van der Waals surface area (Å²) in [6.07, 6.45) is 1.10. The van der Waals surface area contributed by atoms with E-state index in [0.717, 1.165) is 43.3 Å². The summed E-state index contributed by atoms with van der Waals surface area (Å²) < 4.78 is 4.35. The fraction of sp³-hybridized carbons (Fsp3) is 0.381. The smallest absolute Gasteiger partial charge is 0.178 e. The number of benzene rings is 1. The van der Waals surface area contributed by atoms with E-state index in [9.17, 15) is 0 Å². The average molecular weight is 360 g/mol. The molecule has 3 aromatic heterocycles. The van der Waals surface area contributed by atoms with Crippen molar-refractivity contribution in [2.75, 3.05) is 11.4 Å². The Bertz CT molecular complexity index is 1130. The predicted molar refractivity (Wildman–Crippen MR) is 107 cm³/mol. The summed E-state index contributed by atoms with van der Waals surface area (Å²) in [5.41, 5.74) is 3.37. The number of hydrogen-bond acceptors (Lipinski definition) is 4. The molecule has 27 heavy (non-hydrogen) atoms. The van der Waals surface area contributed by atoms with Crippen LogP contribution in [0.25, 0.3) is 16.6 Å². The van der Waals surface area contributed by atoms with Gasteiger partial charge in [-0.15, -0.1) is 15.3 Å². The third-order valence-corrected chi connectivity index (χ3v) is 5.30. The zero-order valence-electron chi connectivity index (χ0n) is 16.1. The van der Waals surface area contributed by atoms with Crippen molar-refractivity contribution >= 4 is 22.4 Å². The Balaban J connectivity index is 1.56. The lowest BCUT2D eigenvalue weighted by Crippen LogP contribution is -2.25. The van der Waals surface area contributed by atoms with Gasteiger partial charge in [0.15, 0.2) is 11.5 Å². The Morgan fingerprint density at radius 1 is 0.963 bits per heavy atom. The van der Waals surface area contributed by atoms with Gasteiger partial charge in [-0.25, -0.2) is 0 Å². The second-order valence-electron chi connectivity index (χ2n) is 8.36. The van der Waals surface area contributed by atoms with Gasteiger partial charge in [0.05, 0.1) is 6.54 Å². The highest BCUT2D eigenvalue weighted by atomic mass is 15.4. The SMILES string of the molecule is CC(C)(C)c1nnc2ccc(N3CCCn4c(cc5ccccc54)C3)nn12. The molecule has 138 valence electrons. The van der Waals surface area contributed by atoms with E-state index in [1.165, 1.54) is 16.6 Å². The first kappa shape index (κ1) is 16.3. The highest BCUT2D eigenvalue weighted by molar-refractivity contribution is 5.81. The van der Waals surface area contributed by atoms with Crippen LogP contribution in [0.2, 0.25) is 0 Å². The molecule has 1 aliphatic rings. The number of aryl methyl sites for hydroxylation is 1. The van der Waals surface area contributed by atoms with Crippen molar-refractivity contribution in [1.29, 1.82) is 0 Å². The van der Waals surface area contributed by atoms with Crippen LogP contribution < -0.4 is 4.90 Å². The molecule has 0 saturated carbocycles. The number of para-hydroxylation sites is 1. The normalized spacial score (nSPS) is 15.3. The zero-order chi connectivity index (χ0) is 18.6. The van der Waals surface area contributed by atoms with Gasteiger partial charge in [-0.1, -0.05) is 39.0 Å². The standard InChI is InChI=1S/C21H24N6/c1-21(2,3)20-23-22-18-9-10-19(24-27(18)20)25-11-6-12-26-16(14-25)13-15-7-4-5-8-17(15)26/h4-5,7-10,13H,6,11-12,14H2,1-3H3. The van der Waals surface area contributed by atoms with Gasteiger partial charge in [-0.05, 0) is 36.1 Å². The van der Waals surface area contributed by atoms with Crippen molar-refractivity contribution in [3.63, 3.8) is 0 Å². The summed E-state index contributed by atoms with van der Waals surface area (Å²) in [4.78, 5) is 2.36. The second kappa shape index (κ2) is 5.81. The molecule has 1 aliphatic heterocycles. The number of rotatable bonds is 1. The first-order valence-electron chi connectivity index (χ1n) is 9.56. The second-order valence-corrected chi connectivity index (χ2v) is 8.36.